The van der Waals surface area contributed by atoms with E-state index in [0.717, 1.165) is 28.6 Å². The van der Waals surface area contributed by atoms with Crippen molar-refractivity contribution >= 4 is 16.7 Å². The van der Waals surface area contributed by atoms with Crippen LogP contribution in [0, 0.1) is 0 Å². The molecule has 118 valence electrons. The standard InChI is InChI=1S/C18H14F3NO/c1-12(23)14-4-7-17-15(10-14)8-9-22(17)11-13-2-5-16(6-3-13)18(19,20)21/h2-10H,11H2,1H3. The summed E-state index contributed by atoms with van der Waals surface area (Å²) in [6.07, 6.45) is -2.45. The fraction of sp³-hybridized carbons (Fsp3) is 0.167. The smallest absolute Gasteiger partial charge is 0.343 e. The number of carbonyl (C=O) groups excluding carboxylic acids is 1. The Morgan fingerprint density at radius 1 is 1.04 bits per heavy atom. The number of ketones is 1. The molecule has 0 aliphatic rings. The summed E-state index contributed by atoms with van der Waals surface area (Å²) in [6.45, 7) is 1.99. The van der Waals surface area contributed by atoms with Gasteiger partial charge in [0.1, 0.15) is 0 Å². The third kappa shape index (κ3) is 3.13. The second-order valence-electron chi connectivity index (χ2n) is 5.47. The molecule has 3 rings (SSSR count). The van der Waals surface area contributed by atoms with Crippen molar-refractivity contribution < 1.29 is 18.0 Å². The lowest BCUT2D eigenvalue weighted by molar-refractivity contribution is -0.137. The first-order valence-electron chi connectivity index (χ1n) is 7.10. The van der Waals surface area contributed by atoms with Crippen LogP contribution in [0.2, 0.25) is 0 Å². The Balaban J connectivity index is 1.88. The molecule has 0 aliphatic heterocycles. The zero-order valence-corrected chi connectivity index (χ0v) is 12.4. The van der Waals surface area contributed by atoms with Crippen molar-refractivity contribution in [1.29, 1.82) is 0 Å². The molecule has 0 spiro atoms. The summed E-state index contributed by atoms with van der Waals surface area (Å²) in [5.74, 6) is 0.00221. The molecular formula is C18H14F3NO. The Morgan fingerprint density at radius 2 is 1.74 bits per heavy atom. The summed E-state index contributed by atoms with van der Waals surface area (Å²) in [5.41, 5.74) is 1.72. The first kappa shape index (κ1) is 15.3. The fourth-order valence-corrected chi connectivity index (χ4v) is 2.55. The summed E-state index contributed by atoms with van der Waals surface area (Å²) in [7, 11) is 0. The van der Waals surface area contributed by atoms with E-state index in [1.165, 1.54) is 19.1 Å². The molecule has 0 saturated carbocycles. The average Bonchev–Trinajstić information content (AvgIpc) is 2.89. The number of fused-ring (bicyclic) bond motifs is 1. The minimum atomic E-state index is -4.32. The van der Waals surface area contributed by atoms with E-state index in [0.29, 0.717) is 12.1 Å². The third-order valence-electron chi connectivity index (χ3n) is 3.81. The number of hydrogen-bond acceptors (Lipinski definition) is 1. The molecule has 2 aromatic carbocycles. The predicted octanol–water partition coefficient (Wildman–Crippen LogP) is 4.91. The maximum atomic E-state index is 12.6. The van der Waals surface area contributed by atoms with Crippen LogP contribution in [0.25, 0.3) is 10.9 Å². The molecular weight excluding hydrogens is 303 g/mol. The normalized spacial score (nSPS) is 11.8. The highest BCUT2D eigenvalue weighted by atomic mass is 19.4. The molecule has 0 radical (unpaired) electrons. The highest BCUT2D eigenvalue weighted by Crippen LogP contribution is 2.29. The van der Waals surface area contributed by atoms with E-state index >= 15 is 0 Å². The molecule has 1 aromatic heterocycles. The summed E-state index contributed by atoms with van der Waals surface area (Å²) in [6, 6.07) is 12.5. The minimum Gasteiger partial charge on any atom is -0.343 e. The molecule has 3 aromatic rings. The molecule has 0 N–H and O–H groups in total. The van der Waals surface area contributed by atoms with Crippen LogP contribution in [-0.2, 0) is 12.7 Å². The Kier molecular flexibility index (Phi) is 3.72. The van der Waals surface area contributed by atoms with Crippen molar-refractivity contribution in [2.75, 3.05) is 0 Å². The largest absolute Gasteiger partial charge is 0.416 e. The highest BCUT2D eigenvalue weighted by Gasteiger charge is 2.29. The molecule has 0 unspecified atom stereocenters. The van der Waals surface area contributed by atoms with Crippen molar-refractivity contribution in [3.8, 4) is 0 Å². The number of nitrogens with zero attached hydrogens (tertiary/aromatic N) is 1. The first-order valence-corrected chi connectivity index (χ1v) is 7.10. The van der Waals surface area contributed by atoms with E-state index in [4.69, 9.17) is 0 Å². The molecule has 0 saturated heterocycles. The van der Waals surface area contributed by atoms with E-state index in [1.807, 2.05) is 29.0 Å². The van der Waals surface area contributed by atoms with Gasteiger partial charge in [-0.3, -0.25) is 4.79 Å². The molecule has 0 amide bonds. The van der Waals surface area contributed by atoms with Crippen molar-refractivity contribution in [1.82, 2.24) is 4.57 Å². The predicted molar refractivity (Wildman–Crippen MR) is 82.5 cm³/mol. The molecule has 0 fully saturated rings. The van der Waals surface area contributed by atoms with Gasteiger partial charge in [-0.15, -0.1) is 0 Å². The van der Waals surface area contributed by atoms with Crippen LogP contribution in [0.15, 0.2) is 54.7 Å². The summed E-state index contributed by atoms with van der Waals surface area (Å²) >= 11 is 0. The molecule has 0 aliphatic carbocycles. The van der Waals surface area contributed by atoms with Crippen LogP contribution in [0.4, 0.5) is 13.2 Å². The van der Waals surface area contributed by atoms with Gasteiger partial charge >= 0.3 is 6.18 Å². The Labute approximate surface area is 131 Å². The maximum absolute atomic E-state index is 12.6. The molecule has 5 heteroatoms. The lowest BCUT2D eigenvalue weighted by Gasteiger charge is -2.09. The van der Waals surface area contributed by atoms with Gasteiger partial charge < -0.3 is 4.57 Å². The maximum Gasteiger partial charge on any atom is 0.416 e. The summed E-state index contributed by atoms with van der Waals surface area (Å²) in [4.78, 5) is 11.4. The number of hydrogen-bond donors (Lipinski definition) is 0. The second-order valence-corrected chi connectivity index (χ2v) is 5.47. The quantitative estimate of drug-likeness (QED) is 0.629. The van der Waals surface area contributed by atoms with Crippen molar-refractivity contribution in [3.63, 3.8) is 0 Å². The van der Waals surface area contributed by atoms with Crippen molar-refractivity contribution in [3.05, 3.63) is 71.4 Å². The second kappa shape index (κ2) is 5.57. The van der Waals surface area contributed by atoms with Gasteiger partial charge in [-0.1, -0.05) is 12.1 Å². The first-order chi connectivity index (χ1) is 10.8. The molecule has 0 atom stereocenters. The van der Waals surface area contributed by atoms with E-state index in [1.54, 1.807) is 6.07 Å². The SMILES string of the molecule is CC(=O)c1ccc2c(ccn2Cc2ccc(C(F)(F)F)cc2)c1. The molecule has 2 nitrogen and oxygen atoms in total. The van der Waals surface area contributed by atoms with Crippen LogP contribution in [0.1, 0.15) is 28.4 Å². The number of halogens is 3. The Bertz CT molecular complexity index is 860. The van der Waals surface area contributed by atoms with Gasteiger partial charge in [0.05, 0.1) is 5.56 Å². The average molecular weight is 317 g/mol. The van der Waals surface area contributed by atoms with Crippen LogP contribution in [0.5, 0.6) is 0 Å². The zero-order valence-electron chi connectivity index (χ0n) is 12.4. The molecule has 23 heavy (non-hydrogen) atoms. The van der Waals surface area contributed by atoms with E-state index in [2.05, 4.69) is 0 Å². The van der Waals surface area contributed by atoms with E-state index < -0.39 is 11.7 Å². The molecule has 0 bridgehead atoms. The van der Waals surface area contributed by atoms with Crippen LogP contribution < -0.4 is 0 Å². The minimum absolute atomic E-state index is 0.00221. The number of alkyl halides is 3. The Morgan fingerprint density at radius 3 is 2.35 bits per heavy atom. The fourth-order valence-electron chi connectivity index (χ4n) is 2.55. The summed E-state index contributed by atoms with van der Waals surface area (Å²) < 4.78 is 39.7. The number of benzene rings is 2. The highest BCUT2D eigenvalue weighted by molar-refractivity contribution is 5.98. The lowest BCUT2D eigenvalue weighted by atomic mass is 10.1. The summed E-state index contributed by atoms with van der Waals surface area (Å²) in [5, 5.41) is 0.935. The lowest BCUT2D eigenvalue weighted by Crippen LogP contribution is -2.05. The monoisotopic (exact) mass is 317 g/mol. The van der Waals surface area contributed by atoms with Gasteiger partial charge in [-0.2, -0.15) is 13.2 Å². The van der Waals surface area contributed by atoms with Crippen LogP contribution in [0.3, 0.4) is 0 Å². The van der Waals surface area contributed by atoms with Crippen molar-refractivity contribution in [2.24, 2.45) is 0 Å². The van der Waals surface area contributed by atoms with Gasteiger partial charge in [0, 0.05) is 29.2 Å². The van der Waals surface area contributed by atoms with E-state index in [9.17, 15) is 18.0 Å². The van der Waals surface area contributed by atoms with Crippen molar-refractivity contribution in [2.45, 2.75) is 19.6 Å². The number of Topliss-reactive ketones (excluding diaryl/α,β-unsaturated/α-hetero) is 1. The van der Waals surface area contributed by atoms with Gasteiger partial charge in [0.25, 0.3) is 0 Å². The van der Waals surface area contributed by atoms with Gasteiger partial charge in [0.15, 0.2) is 5.78 Å². The van der Waals surface area contributed by atoms with Crippen LogP contribution >= 0.6 is 0 Å². The van der Waals surface area contributed by atoms with Gasteiger partial charge in [0.2, 0.25) is 0 Å². The molecule has 1 heterocycles. The number of carbonyl (C=O) groups is 1. The van der Waals surface area contributed by atoms with Gasteiger partial charge in [-0.05, 0) is 48.9 Å². The topological polar surface area (TPSA) is 22.0 Å². The van der Waals surface area contributed by atoms with Crippen LogP contribution in [-0.4, -0.2) is 10.4 Å². The van der Waals surface area contributed by atoms with E-state index in [-0.39, 0.29) is 5.78 Å². The van der Waals surface area contributed by atoms with Gasteiger partial charge in [-0.25, -0.2) is 0 Å². The number of rotatable bonds is 3. The Hall–Kier alpha value is -2.56. The zero-order chi connectivity index (χ0) is 16.6. The number of aromatic nitrogens is 1. The third-order valence-corrected chi connectivity index (χ3v) is 3.81.